The number of thiophene rings is 1. The summed E-state index contributed by atoms with van der Waals surface area (Å²) in [5.41, 5.74) is 3.15. The molecule has 142 valence electrons. The number of nitrogens with zero attached hydrogens (tertiary/aromatic N) is 3. The third kappa shape index (κ3) is 3.71. The maximum Gasteiger partial charge on any atom is 0.276 e. The molecular formula is C19H17N5O2S2. The van der Waals surface area contributed by atoms with Crippen molar-refractivity contribution >= 4 is 45.0 Å². The maximum atomic E-state index is 13.1. The van der Waals surface area contributed by atoms with Crippen molar-refractivity contribution in [2.45, 2.75) is 19.0 Å². The Morgan fingerprint density at radius 3 is 2.89 bits per heavy atom. The van der Waals surface area contributed by atoms with Gasteiger partial charge in [0, 0.05) is 11.8 Å². The molecule has 2 N–H and O–H groups in total. The van der Waals surface area contributed by atoms with E-state index in [1.807, 2.05) is 49.6 Å². The zero-order valence-corrected chi connectivity index (χ0v) is 16.9. The van der Waals surface area contributed by atoms with Crippen LogP contribution in [-0.2, 0) is 4.79 Å². The number of amides is 1. The number of thioether (sulfide) groups is 1. The number of carbonyl (C=O) groups excluding carboxylic acids is 1. The maximum absolute atomic E-state index is 13.1. The van der Waals surface area contributed by atoms with Gasteiger partial charge in [0.2, 0.25) is 5.91 Å². The van der Waals surface area contributed by atoms with Crippen LogP contribution >= 0.6 is 23.1 Å². The molecule has 7 nitrogen and oxygen atoms in total. The van der Waals surface area contributed by atoms with Crippen LogP contribution in [0.2, 0.25) is 0 Å². The largest absolute Gasteiger partial charge is 0.308 e. The van der Waals surface area contributed by atoms with E-state index in [1.54, 1.807) is 10.6 Å². The molecule has 0 unspecified atom stereocenters. The van der Waals surface area contributed by atoms with Crippen molar-refractivity contribution in [2.24, 2.45) is 0 Å². The number of fused-ring (bicyclic) bond motifs is 1. The third-order valence-electron chi connectivity index (χ3n) is 4.01. The molecule has 0 aliphatic carbocycles. The fourth-order valence-corrected chi connectivity index (χ4v) is 4.35. The molecule has 0 aliphatic rings. The average molecular weight is 412 g/mol. The number of anilines is 1. The highest BCUT2D eigenvalue weighted by Gasteiger charge is 2.16. The number of benzene rings is 1. The van der Waals surface area contributed by atoms with E-state index in [4.69, 9.17) is 0 Å². The summed E-state index contributed by atoms with van der Waals surface area (Å²) in [5, 5.41) is 11.8. The molecule has 0 saturated carbocycles. The third-order valence-corrected chi connectivity index (χ3v) is 5.85. The van der Waals surface area contributed by atoms with E-state index in [2.05, 4.69) is 20.5 Å². The van der Waals surface area contributed by atoms with E-state index in [1.165, 1.54) is 23.1 Å². The lowest BCUT2D eigenvalue weighted by Gasteiger charge is -2.12. The highest BCUT2D eigenvalue weighted by Crippen LogP contribution is 2.24. The van der Waals surface area contributed by atoms with E-state index in [0.717, 1.165) is 16.9 Å². The quantitative estimate of drug-likeness (QED) is 0.387. The van der Waals surface area contributed by atoms with Crippen molar-refractivity contribution in [3.05, 3.63) is 63.4 Å². The van der Waals surface area contributed by atoms with Crippen molar-refractivity contribution in [2.75, 3.05) is 11.1 Å². The molecule has 4 aromatic rings. The topological polar surface area (TPSA) is 92.7 Å². The van der Waals surface area contributed by atoms with Crippen LogP contribution in [0.25, 0.3) is 15.9 Å². The van der Waals surface area contributed by atoms with Gasteiger partial charge in [0.05, 0.1) is 17.0 Å². The molecular weight excluding hydrogens is 394 g/mol. The Balaban J connectivity index is 1.66. The molecule has 0 bridgehead atoms. The van der Waals surface area contributed by atoms with E-state index in [-0.39, 0.29) is 17.2 Å². The lowest BCUT2D eigenvalue weighted by atomic mass is 10.2. The molecule has 3 heterocycles. The van der Waals surface area contributed by atoms with Crippen molar-refractivity contribution in [3.8, 4) is 5.69 Å². The van der Waals surface area contributed by atoms with Crippen molar-refractivity contribution in [3.63, 3.8) is 0 Å². The van der Waals surface area contributed by atoms with Crippen LogP contribution in [0.4, 0.5) is 5.82 Å². The van der Waals surface area contributed by atoms with Crippen molar-refractivity contribution < 1.29 is 4.79 Å². The summed E-state index contributed by atoms with van der Waals surface area (Å²) in [4.78, 5) is 30.0. The molecule has 1 aromatic carbocycles. The molecule has 0 spiro atoms. The van der Waals surface area contributed by atoms with Gasteiger partial charge in [0.25, 0.3) is 5.56 Å². The Hall–Kier alpha value is -2.91. The lowest BCUT2D eigenvalue weighted by molar-refractivity contribution is -0.113. The van der Waals surface area contributed by atoms with E-state index >= 15 is 0 Å². The van der Waals surface area contributed by atoms with E-state index in [0.29, 0.717) is 21.2 Å². The van der Waals surface area contributed by atoms with Crippen LogP contribution in [0.5, 0.6) is 0 Å². The molecule has 0 radical (unpaired) electrons. The first-order chi connectivity index (χ1) is 13.5. The first-order valence-corrected chi connectivity index (χ1v) is 10.4. The minimum absolute atomic E-state index is 0.111. The first-order valence-electron chi connectivity index (χ1n) is 8.53. The summed E-state index contributed by atoms with van der Waals surface area (Å²) in [6, 6.07) is 11.2. The number of nitrogens with one attached hydrogen (secondary N) is 2. The van der Waals surface area contributed by atoms with Gasteiger partial charge in [-0.2, -0.15) is 5.10 Å². The molecule has 28 heavy (non-hydrogen) atoms. The molecule has 0 aliphatic heterocycles. The number of hydrogen-bond acceptors (Lipinski definition) is 6. The van der Waals surface area contributed by atoms with Gasteiger partial charge in [-0.3, -0.25) is 19.3 Å². The number of carbonyl (C=O) groups is 1. The van der Waals surface area contributed by atoms with Crippen LogP contribution < -0.4 is 10.9 Å². The van der Waals surface area contributed by atoms with Gasteiger partial charge < -0.3 is 5.32 Å². The minimum atomic E-state index is -0.216. The molecule has 4 rings (SSSR count). The van der Waals surface area contributed by atoms with E-state index in [9.17, 15) is 9.59 Å². The summed E-state index contributed by atoms with van der Waals surface area (Å²) < 4.78 is 2.17. The SMILES string of the molecule is Cc1cccc(-n2c(SCC(=O)Nc3cc(C)[nH]n3)nc3ccsc3c2=O)c1. The van der Waals surface area contributed by atoms with Crippen LogP contribution in [0.3, 0.4) is 0 Å². The summed E-state index contributed by atoms with van der Waals surface area (Å²) in [5.74, 6) is 0.368. The van der Waals surface area contributed by atoms with Gasteiger partial charge in [-0.1, -0.05) is 23.9 Å². The van der Waals surface area contributed by atoms with Gasteiger partial charge in [0.15, 0.2) is 11.0 Å². The fourth-order valence-electron chi connectivity index (χ4n) is 2.77. The second-order valence-electron chi connectivity index (χ2n) is 6.28. The second-order valence-corrected chi connectivity index (χ2v) is 8.14. The monoisotopic (exact) mass is 411 g/mol. The summed E-state index contributed by atoms with van der Waals surface area (Å²) in [7, 11) is 0. The Morgan fingerprint density at radius 1 is 1.29 bits per heavy atom. The molecule has 3 aromatic heterocycles. The highest BCUT2D eigenvalue weighted by atomic mass is 32.2. The minimum Gasteiger partial charge on any atom is -0.308 e. The molecule has 0 fully saturated rings. The number of aromatic nitrogens is 4. The van der Waals surface area contributed by atoms with Crippen LogP contribution in [0, 0.1) is 13.8 Å². The van der Waals surface area contributed by atoms with Crippen LogP contribution in [0.1, 0.15) is 11.3 Å². The Kier molecular flexibility index (Phi) is 5.01. The van der Waals surface area contributed by atoms with Gasteiger partial charge >= 0.3 is 0 Å². The van der Waals surface area contributed by atoms with Gasteiger partial charge in [-0.05, 0) is 43.0 Å². The smallest absolute Gasteiger partial charge is 0.276 e. The molecule has 9 heteroatoms. The zero-order chi connectivity index (χ0) is 19.7. The predicted octanol–water partition coefficient (Wildman–Crippen LogP) is 3.52. The second kappa shape index (κ2) is 7.61. The highest BCUT2D eigenvalue weighted by molar-refractivity contribution is 7.99. The number of aromatic amines is 1. The van der Waals surface area contributed by atoms with Crippen molar-refractivity contribution in [1.29, 1.82) is 0 Å². The van der Waals surface area contributed by atoms with Crippen LogP contribution in [0.15, 0.2) is 51.7 Å². The average Bonchev–Trinajstić information content (AvgIpc) is 3.29. The normalized spacial score (nSPS) is 11.1. The predicted molar refractivity (Wildman–Crippen MR) is 113 cm³/mol. The van der Waals surface area contributed by atoms with Gasteiger partial charge in [0.1, 0.15) is 4.70 Å². The standard InChI is InChI=1S/C19H17N5O2S2/c1-11-4-3-5-13(8-11)24-18(26)17-14(6-7-27-17)20-19(24)28-10-16(25)21-15-9-12(2)22-23-15/h3-9H,10H2,1-2H3,(H2,21,22,23,25). The zero-order valence-electron chi connectivity index (χ0n) is 15.2. The van der Waals surface area contributed by atoms with Gasteiger partial charge in [-0.15, -0.1) is 11.3 Å². The van der Waals surface area contributed by atoms with Gasteiger partial charge in [-0.25, -0.2) is 4.98 Å². The number of aryl methyl sites for hydroxylation is 2. The fraction of sp³-hybridized carbons (Fsp3) is 0.158. The summed E-state index contributed by atoms with van der Waals surface area (Å²) in [6.45, 7) is 3.83. The summed E-state index contributed by atoms with van der Waals surface area (Å²) >= 11 is 2.59. The molecule has 1 amide bonds. The molecule has 0 atom stereocenters. The van der Waals surface area contributed by atoms with Crippen LogP contribution in [-0.4, -0.2) is 31.4 Å². The Morgan fingerprint density at radius 2 is 2.14 bits per heavy atom. The number of rotatable bonds is 5. The number of H-pyrrole nitrogens is 1. The van der Waals surface area contributed by atoms with Crippen molar-refractivity contribution in [1.82, 2.24) is 19.7 Å². The Labute approximate surface area is 168 Å². The number of hydrogen-bond donors (Lipinski definition) is 2. The summed E-state index contributed by atoms with van der Waals surface area (Å²) in [6.07, 6.45) is 0. The Bertz CT molecular complexity index is 1220. The van der Waals surface area contributed by atoms with E-state index < -0.39 is 0 Å². The lowest BCUT2D eigenvalue weighted by Crippen LogP contribution is -2.22. The molecule has 0 saturated heterocycles. The first kappa shape index (κ1) is 18.5.